The summed E-state index contributed by atoms with van der Waals surface area (Å²) in [7, 11) is 0. The van der Waals surface area contributed by atoms with E-state index in [0.29, 0.717) is 5.75 Å². The van der Waals surface area contributed by atoms with Crippen molar-refractivity contribution in [3.8, 4) is 5.75 Å². The number of carbonyl (C=O) groups is 1. The van der Waals surface area contributed by atoms with E-state index in [0.717, 1.165) is 62.1 Å². The van der Waals surface area contributed by atoms with Gasteiger partial charge < -0.3 is 20.3 Å². The number of hydrogen-bond donors (Lipinski definition) is 2. The Kier molecular flexibility index (Phi) is 9.09. The molecule has 5 nitrogen and oxygen atoms in total. The number of amides is 1. The molecule has 0 spiro atoms. The number of piperazine rings is 1. The van der Waals surface area contributed by atoms with Gasteiger partial charge in [0.25, 0.3) is 0 Å². The van der Waals surface area contributed by atoms with E-state index >= 15 is 0 Å². The van der Waals surface area contributed by atoms with Crippen LogP contribution in [0.2, 0.25) is 0 Å². The first-order valence-corrected chi connectivity index (χ1v) is 8.42. The predicted molar refractivity (Wildman–Crippen MR) is 99.7 cm³/mol. The first-order valence-electron chi connectivity index (χ1n) is 7.44. The van der Waals surface area contributed by atoms with Crippen molar-refractivity contribution >= 4 is 48.2 Å². The largest absolute Gasteiger partial charge is 0.494 e. The number of benzene rings is 1. The van der Waals surface area contributed by atoms with Crippen LogP contribution in [0.1, 0.15) is 6.42 Å². The molecular formula is C15H23Cl2N3O2S. The molecule has 0 radical (unpaired) electrons. The van der Waals surface area contributed by atoms with E-state index in [1.807, 2.05) is 18.2 Å². The van der Waals surface area contributed by atoms with Crippen molar-refractivity contribution in [2.75, 3.05) is 50.4 Å². The van der Waals surface area contributed by atoms with Crippen LogP contribution < -0.4 is 15.4 Å². The lowest BCUT2D eigenvalue weighted by molar-refractivity contribution is -0.113. The fourth-order valence-electron chi connectivity index (χ4n) is 2.56. The number of rotatable bonds is 5. The Labute approximate surface area is 153 Å². The summed E-state index contributed by atoms with van der Waals surface area (Å²) in [6, 6.07) is 5.87. The number of nitrogens with one attached hydrogen (secondary N) is 2. The monoisotopic (exact) mass is 379 g/mol. The van der Waals surface area contributed by atoms with Crippen LogP contribution in [0.4, 0.5) is 5.69 Å². The number of thioether (sulfide) groups is 1. The van der Waals surface area contributed by atoms with Crippen molar-refractivity contribution in [1.82, 2.24) is 10.2 Å². The molecule has 1 aromatic carbocycles. The van der Waals surface area contributed by atoms with Crippen LogP contribution in [0.3, 0.4) is 0 Å². The summed E-state index contributed by atoms with van der Waals surface area (Å²) in [6.07, 6.45) is 1.04. The maximum atomic E-state index is 11.3. The second-order valence-corrected chi connectivity index (χ2v) is 6.31. The molecule has 0 aliphatic carbocycles. The molecule has 23 heavy (non-hydrogen) atoms. The second-order valence-electron chi connectivity index (χ2n) is 5.29. The van der Waals surface area contributed by atoms with Crippen LogP contribution >= 0.6 is 36.6 Å². The van der Waals surface area contributed by atoms with Gasteiger partial charge in [-0.05, 0) is 24.6 Å². The summed E-state index contributed by atoms with van der Waals surface area (Å²) in [5, 5.41) is 6.23. The molecule has 0 saturated carbocycles. The quantitative estimate of drug-likeness (QED) is 0.768. The van der Waals surface area contributed by atoms with Crippen molar-refractivity contribution in [3.05, 3.63) is 18.2 Å². The van der Waals surface area contributed by atoms with Gasteiger partial charge in [0, 0.05) is 37.6 Å². The summed E-state index contributed by atoms with van der Waals surface area (Å²) < 4.78 is 5.82. The number of fused-ring (bicyclic) bond motifs is 1. The molecule has 1 saturated heterocycles. The molecule has 0 aromatic heterocycles. The van der Waals surface area contributed by atoms with Crippen LogP contribution in [0.15, 0.2) is 23.1 Å². The number of anilines is 1. The molecule has 0 bridgehead atoms. The number of ether oxygens (including phenoxy) is 1. The lowest BCUT2D eigenvalue weighted by Gasteiger charge is -2.27. The van der Waals surface area contributed by atoms with Gasteiger partial charge in [0.2, 0.25) is 5.91 Å². The fourth-order valence-corrected chi connectivity index (χ4v) is 3.39. The Morgan fingerprint density at radius 1 is 1.22 bits per heavy atom. The number of carbonyl (C=O) groups excluding carboxylic acids is 1. The molecule has 0 unspecified atom stereocenters. The lowest BCUT2D eigenvalue weighted by atomic mass is 10.3. The van der Waals surface area contributed by atoms with Crippen molar-refractivity contribution < 1.29 is 9.53 Å². The Morgan fingerprint density at radius 2 is 2.00 bits per heavy atom. The first kappa shape index (κ1) is 20.4. The third-order valence-corrected chi connectivity index (χ3v) is 4.74. The average molecular weight is 380 g/mol. The van der Waals surface area contributed by atoms with Crippen LogP contribution in [0.25, 0.3) is 0 Å². The van der Waals surface area contributed by atoms with E-state index in [9.17, 15) is 4.79 Å². The van der Waals surface area contributed by atoms with Gasteiger partial charge >= 0.3 is 0 Å². The molecule has 8 heteroatoms. The predicted octanol–water partition coefficient (Wildman–Crippen LogP) is 2.25. The first-order chi connectivity index (χ1) is 10.3. The van der Waals surface area contributed by atoms with Crippen LogP contribution in [-0.4, -0.2) is 55.9 Å². The van der Waals surface area contributed by atoms with Gasteiger partial charge in [-0.25, -0.2) is 0 Å². The van der Waals surface area contributed by atoms with E-state index in [-0.39, 0.29) is 30.7 Å². The minimum absolute atomic E-state index is 0. The normalized spacial score (nSPS) is 17.3. The summed E-state index contributed by atoms with van der Waals surface area (Å²) in [4.78, 5) is 14.9. The molecule has 0 atom stereocenters. The molecular weight excluding hydrogens is 357 g/mol. The number of nitrogens with zero attached hydrogens (tertiary/aromatic N) is 1. The highest BCUT2D eigenvalue weighted by Gasteiger charge is 2.15. The van der Waals surface area contributed by atoms with Gasteiger partial charge in [-0.15, -0.1) is 36.6 Å². The van der Waals surface area contributed by atoms with E-state index < -0.39 is 0 Å². The summed E-state index contributed by atoms with van der Waals surface area (Å²) >= 11 is 1.57. The zero-order chi connectivity index (χ0) is 14.5. The Bertz CT molecular complexity index is 513. The zero-order valence-electron chi connectivity index (χ0n) is 12.9. The Balaban J connectivity index is 0.00000132. The molecule has 1 aromatic rings. The van der Waals surface area contributed by atoms with E-state index in [1.54, 1.807) is 11.8 Å². The lowest BCUT2D eigenvalue weighted by Crippen LogP contribution is -2.43. The highest BCUT2D eigenvalue weighted by molar-refractivity contribution is 8.00. The van der Waals surface area contributed by atoms with Gasteiger partial charge in [-0.1, -0.05) is 0 Å². The minimum Gasteiger partial charge on any atom is -0.494 e. The molecule has 2 aliphatic rings. The Morgan fingerprint density at radius 3 is 2.78 bits per heavy atom. The average Bonchev–Trinajstić information content (AvgIpc) is 2.52. The molecule has 2 N–H and O–H groups in total. The van der Waals surface area contributed by atoms with Crippen LogP contribution in [0.5, 0.6) is 5.75 Å². The highest BCUT2D eigenvalue weighted by atomic mass is 35.5. The van der Waals surface area contributed by atoms with Crippen LogP contribution in [0, 0.1) is 0 Å². The van der Waals surface area contributed by atoms with E-state index in [1.165, 1.54) is 0 Å². The van der Waals surface area contributed by atoms with Crippen LogP contribution in [-0.2, 0) is 4.79 Å². The molecule has 3 rings (SSSR count). The maximum absolute atomic E-state index is 11.3. The van der Waals surface area contributed by atoms with E-state index in [4.69, 9.17) is 4.74 Å². The van der Waals surface area contributed by atoms with Crippen molar-refractivity contribution in [1.29, 1.82) is 0 Å². The summed E-state index contributed by atoms with van der Waals surface area (Å²) in [5.41, 5.74) is 0.893. The van der Waals surface area contributed by atoms with Gasteiger partial charge in [0.1, 0.15) is 5.75 Å². The maximum Gasteiger partial charge on any atom is 0.234 e. The molecule has 2 heterocycles. The summed E-state index contributed by atoms with van der Waals surface area (Å²) in [5.74, 6) is 1.44. The van der Waals surface area contributed by atoms with E-state index in [2.05, 4.69) is 15.5 Å². The summed E-state index contributed by atoms with van der Waals surface area (Å²) in [6.45, 7) is 6.28. The Hall–Kier alpha value is -0.660. The standard InChI is InChI=1S/C15H21N3O2S.2ClH/c19-15-11-21-14-10-12(2-3-13(14)17-15)20-9-1-6-18-7-4-16-5-8-18;;/h2-3,10,16H,1,4-9,11H2,(H,17,19);2*1H. The third-order valence-electron chi connectivity index (χ3n) is 3.68. The molecule has 1 fully saturated rings. The van der Waals surface area contributed by atoms with Gasteiger partial charge in [0.05, 0.1) is 18.0 Å². The topological polar surface area (TPSA) is 53.6 Å². The van der Waals surface area contributed by atoms with Gasteiger partial charge in [-0.3, -0.25) is 4.79 Å². The second kappa shape index (κ2) is 10.3. The number of halogens is 2. The van der Waals surface area contributed by atoms with Gasteiger partial charge in [-0.2, -0.15) is 0 Å². The van der Waals surface area contributed by atoms with Crippen molar-refractivity contribution in [2.24, 2.45) is 0 Å². The molecule has 2 aliphatic heterocycles. The van der Waals surface area contributed by atoms with Crippen molar-refractivity contribution in [2.45, 2.75) is 11.3 Å². The smallest absolute Gasteiger partial charge is 0.234 e. The minimum atomic E-state index is 0. The fraction of sp³-hybridized carbons (Fsp3) is 0.533. The van der Waals surface area contributed by atoms with Crippen molar-refractivity contribution in [3.63, 3.8) is 0 Å². The molecule has 130 valence electrons. The zero-order valence-corrected chi connectivity index (χ0v) is 15.3. The third kappa shape index (κ3) is 6.04. The van der Waals surface area contributed by atoms with Gasteiger partial charge in [0.15, 0.2) is 0 Å². The SMILES string of the molecule is Cl.Cl.O=C1CSc2cc(OCCCN3CCNCC3)ccc2N1. The number of hydrogen-bond acceptors (Lipinski definition) is 5. The molecule has 1 amide bonds. The highest BCUT2D eigenvalue weighted by Crippen LogP contribution is 2.34.